The van der Waals surface area contributed by atoms with E-state index in [9.17, 15) is 9.35 Å². The van der Waals surface area contributed by atoms with Crippen molar-refractivity contribution in [1.82, 2.24) is 0 Å². The highest BCUT2D eigenvalue weighted by Gasteiger charge is 2.23. The van der Waals surface area contributed by atoms with Crippen molar-refractivity contribution in [2.45, 2.75) is 11.8 Å². The molecule has 1 atom stereocenters. The highest BCUT2D eigenvalue weighted by atomic mass is 32.2. The Morgan fingerprint density at radius 3 is 2.62 bits per heavy atom. The monoisotopic (exact) mass is 198 g/mol. The van der Waals surface area contributed by atoms with Crippen LogP contribution in [0, 0.1) is 0 Å². The average Bonchev–Trinajstić information content (AvgIpc) is 2.18. The van der Waals surface area contributed by atoms with Gasteiger partial charge in [-0.2, -0.15) is 4.79 Å². The molecule has 0 saturated carbocycles. The first-order valence-corrected chi connectivity index (χ1v) is 5.04. The smallest absolute Gasteiger partial charge is 0.529 e. The Morgan fingerprint density at radius 1 is 1.46 bits per heavy atom. The lowest BCUT2D eigenvalue weighted by Crippen LogP contribution is -2.16. The van der Waals surface area contributed by atoms with E-state index >= 15 is 0 Å². The standard InChI is InChI=1S/C9H10O3S/c1-2-12-9(10)13(11)8-6-4-3-5-7-8/h3-7H,2H2,1H3. The number of hydrogen-bond acceptors (Lipinski definition) is 3. The summed E-state index contributed by atoms with van der Waals surface area (Å²) in [5.41, 5.74) is 0. The molecule has 3 nitrogen and oxygen atoms in total. The summed E-state index contributed by atoms with van der Waals surface area (Å²) in [6, 6.07) is 8.52. The number of carbonyl (C=O) groups excluding carboxylic acids is 1. The summed E-state index contributed by atoms with van der Waals surface area (Å²) in [5.74, 6) is 0. The lowest BCUT2D eigenvalue weighted by Gasteiger charge is -2.06. The Balaban J connectivity index is 2.68. The molecule has 0 aliphatic heterocycles. The highest BCUT2D eigenvalue weighted by Crippen LogP contribution is 2.12. The van der Waals surface area contributed by atoms with E-state index in [-0.39, 0.29) is 6.61 Å². The van der Waals surface area contributed by atoms with Crippen molar-refractivity contribution in [3.8, 4) is 0 Å². The molecule has 1 aromatic carbocycles. The third kappa shape index (κ3) is 2.75. The second kappa shape index (κ2) is 4.89. The molecule has 70 valence electrons. The predicted molar refractivity (Wildman–Crippen MR) is 49.9 cm³/mol. The molecule has 0 spiro atoms. The van der Waals surface area contributed by atoms with Crippen molar-refractivity contribution >= 4 is 16.5 Å². The van der Waals surface area contributed by atoms with Gasteiger partial charge in [0.05, 0.1) is 6.61 Å². The minimum Gasteiger partial charge on any atom is -0.601 e. The second-order valence-corrected chi connectivity index (χ2v) is 3.61. The Labute approximate surface area is 79.9 Å². The van der Waals surface area contributed by atoms with Crippen LogP contribution in [0.3, 0.4) is 0 Å². The van der Waals surface area contributed by atoms with Crippen molar-refractivity contribution in [3.63, 3.8) is 0 Å². The van der Waals surface area contributed by atoms with Gasteiger partial charge in [-0.25, -0.2) is 0 Å². The summed E-state index contributed by atoms with van der Waals surface area (Å²) >= 11 is -1.69. The van der Waals surface area contributed by atoms with E-state index in [2.05, 4.69) is 4.74 Å². The van der Waals surface area contributed by atoms with E-state index in [0.29, 0.717) is 4.90 Å². The molecule has 1 aromatic rings. The maximum absolute atomic E-state index is 11.4. The summed E-state index contributed by atoms with van der Waals surface area (Å²) in [4.78, 5) is 11.5. The van der Waals surface area contributed by atoms with Crippen LogP contribution in [0.2, 0.25) is 0 Å². The van der Waals surface area contributed by atoms with Gasteiger partial charge in [0.2, 0.25) is 0 Å². The molecule has 0 radical (unpaired) electrons. The van der Waals surface area contributed by atoms with Crippen LogP contribution in [-0.2, 0) is 15.9 Å². The SMILES string of the molecule is CCOC(=O)[S+]([O-])c1ccccc1. The lowest BCUT2D eigenvalue weighted by molar-refractivity contribution is 0.178. The molecule has 0 bridgehead atoms. The van der Waals surface area contributed by atoms with Crippen molar-refractivity contribution in [3.05, 3.63) is 30.3 Å². The van der Waals surface area contributed by atoms with Gasteiger partial charge in [0.25, 0.3) is 0 Å². The topological polar surface area (TPSA) is 49.4 Å². The van der Waals surface area contributed by atoms with E-state index in [1.54, 1.807) is 37.3 Å². The quantitative estimate of drug-likeness (QED) is 0.539. The van der Waals surface area contributed by atoms with Crippen LogP contribution >= 0.6 is 0 Å². The Bertz CT molecular complexity index is 273. The molecule has 0 N–H and O–H groups in total. The molecule has 13 heavy (non-hydrogen) atoms. The van der Waals surface area contributed by atoms with E-state index in [1.165, 1.54) is 0 Å². The van der Waals surface area contributed by atoms with E-state index < -0.39 is 16.5 Å². The summed E-state index contributed by atoms with van der Waals surface area (Å²) < 4.78 is 16.0. The zero-order valence-electron chi connectivity index (χ0n) is 7.23. The predicted octanol–water partition coefficient (Wildman–Crippen LogP) is 1.95. The molecule has 1 rings (SSSR count). The molecular weight excluding hydrogens is 188 g/mol. The first-order chi connectivity index (χ1) is 6.25. The van der Waals surface area contributed by atoms with Gasteiger partial charge in [0.1, 0.15) is 11.2 Å². The Kier molecular flexibility index (Phi) is 3.79. The van der Waals surface area contributed by atoms with Gasteiger partial charge in [0.15, 0.2) is 4.90 Å². The third-order valence-corrected chi connectivity index (χ3v) is 2.49. The highest BCUT2D eigenvalue weighted by molar-refractivity contribution is 8.05. The lowest BCUT2D eigenvalue weighted by atomic mass is 10.4. The molecule has 0 aliphatic rings. The van der Waals surface area contributed by atoms with Crippen molar-refractivity contribution in [2.75, 3.05) is 6.61 Å². The molecule has 0 fully saturated rings. The minimum absolute atomic E-state index is 0.247. The summed E-state index contributed by atoms with van der Waals surface area (Å²) in [5, 5.41) is -0.686. The zero-order valence-corrected chi connectivity index (χ0v) is 8.04. The van der Waals surface area contributed by atoms with Crippen LogP contribution in [0.1, 0.15) is 6.92 Å². The van der Waals surface area contributed by atoms with Gasteiger partial charge in [-0.15, -0.1) is 0 Å². The van der Waals surface area contributed by atoms with E-state index in [1.807, 2.05) is 0 Å². The molecule has 0 heterocycles. The Hall–Kier alpha value is -1.00. The van der Waals surface area contributed by atoms with Gasteiger partial charge in [-0.1, -0.05) is 18.2 Å². The maximum Gasteiger partial charge on any atom is 0.529 e. The van der Waals surface area contributed by atoms with Crippen LogP contribution < -0.4 is 0 Å². The normalized spacial score (nSPS) is 12.2. The van der Waals surface area contributed by atoms with Crippen molar-refractivity contribution in [2.24, 2.45) is 0 Å². The molecule has 0 saturated heterocycles. The summed E-state index contributed by atoms with van der Waals surface area (Å²) in [6.07, 6.45) is 0. The summed E-state index contributed by atoms with van der Waals surface area (Å²) in [6.45, 7) is 1.93. The average molecular weight is 198 g/mol. The van der Waals surface area contributed by atoms with Gasteiger partial charge >= 0.3 is 5.30 Å². The molecule has 0 amide bonds. The number of ether oxygens (including phenoxy) is 1. The second-order valence-electron chi connectivity index (χ2n) is 2.26. The Morgan fingerprint density at radius 2 is 2.08 bits per heavy atom. The number of benzene rings is 1. The van der Waals surface area contributed by atoms with E-state index in [4.69, 9.17) is 0 Å². The first kappa shape index (κ1) is 10.1. The summed E-state index contributed by atoms with van der Waals surface area (Å²) in [7, 11) is 0. The largest absolute Gasteiger partial charge is 0.601 e. The van der Waals surface area contributed by atoms with Crippen LogP contribution in [0.25, 0.3) is 0 Å². The number of carbonyl (C=O) groups is 1. The van der Waals surface area contributed by atoms with E-state index in [0.717, 1.165) is 0 Å². The fourth-order valence-electron chi connectivity index (χ4n) is 0.812. The van der Waals surface area contributed by atoms with Crippen LogP contribution in [-0.4, -0.2) is 16.5 Å². The van der Waals surface area contributed by atoms with Gasteiger partial charge in [0, 0.05) is 0 Å². The fourth-order valence-corrected chi connectivity index (χ4v) is 1.63. The van der Waals surface area contributed by atoms with Crippen LogP contribution in [0.15, 0.2) is 35.2 Å². The number of rotatable bonds is 2. The third-order valence-electron chi connectivity index (χ3n) is 1.37. The fraction of sp³-hybridized carbons (Fsp3) is 0.222. The number of hydrogen-bond donors (Lipinski definition) is 0. The van der Waals surface area contributed by atoms with Gasteiger partial charge < -0.3 is 9.29 Å². The maximum atomic E-state index is 11.4. The minimum atomic E-state index is -1.69. The molecule has 1 unspecified atom stereocenters. The van der Waals surface area contributed by atoms with Crippen LogP contribution in [0.4, 0.5) is 4.79 Å². The first-order valence-electron chi connectivity index (χ1n) is 3.89. The van der Waals surface area contributed by atoms with Crippen molar-refractivity contribution < 1.29 is 14.1 Å². The van der Waals surface area contributed by atoms with Gasteiger partial charge in [-0.05, 0) is 19.1 Å². The van der Waals surface area contributed by atoms with Crippen molar-refractivity contribution in [1.29, 1.82) is 0 Å². The van der Waals surface area contributed by atoms with Gasteiger partial charge in [-0.3, -0.25) is 0 Å². The zero-order chi connectivity index (χ0) is 9.68. The van der Waals surface area contributed by atoms with Crippen LogP contribution in [0.5, 0.6) is 0 Å². The molecule has 4 heteroatoms. The molecule has 0 aromatic heterocycles. The molecule has 0 aliphatic carbocycles. The molecular formula is C9H10O3S.